The first-order valence-electron chi connectivity index (χ1n) is 5.97. The molecular weight excluding hydrogens is 315 g/mol. The first-order chi connectivity index (χ1) is 10.4. The number of aryl methyl sites for hydroxylation is 1. The van der Waals surface area contributed by atoms with E-state index in [9.17, 15) is 14.2 Å². The molecule has 122 valence electrons. The topological polar surface area (TPSA) is 127 Å². The van der Waals surface area contributed by atoms with Crippen molar-refractivity contribution in [1.82, 2.24) is 21.2 Å². The van der Waals surface area contributed by atoms with Crippen molar-refractivity contribution in [2.45, 2.75) is 6.92 Å². The Morgan fingerprint density at radius 2 is 1.41 bits per heavy atom. The Morgan fingerprint density at radius 1 is 0.955 bits per heavy atom. The number of nitrogens with one attached hydrogen (secondary N) is 4. The van der Waals surface area contributed by atoms with E-state index in [-0.39, 0.29) is 5.75 Å². The van der Waals surface area contributed by atoms with Gasteiger partial charge in [-0.15, -0.1) is 10.4 Å². The van der Waals surface area contributed by atoms with Crippen molar-refractivity contribution in [1.29, 1.82) is 0 Å². The lowest BCUT2D eigenvalue weighted by Gasteiger charge is -2.21. The van der Waals surface area contributed by atoms with Gasteiger partial charge in [0.15, 0.2) is 0 Å². The fourth-order valence-corrected chi connectivity index (χ4v) is 2.20. The third kappa shape index (κ3) is 6.00. The average Bonchev–Trinajstić information content (AvgIpc) is 2.52. The fourth-order valence-electron chi connectivity index (χ4n) is 1.16. The molecule has 0 aliphatic carbocycles. The highest BCUT2D eigenvalue weighted by Gasteiger charge is 2.26. The maximum Gasteiger partial charge on any atom is 0.425 e. The summed E-state index contributed by atoms with van der Waals surface area (Å²) in [4.78, 5) is 22.1. The number of rotatable bonds is 6. The minimum absolute atomic E-state index is 0.243. The molecule has 0 fully saturated rings. The predicted molar refractivity (Wildman–Crippen MR) is 76.8 cm³/mol. The number of carbonyl (C=O) groups is 2. The van der Waals surface area contributed by atoms with Crippen LogP contribution in [0.4, 0.5) is 9.59 Å². The van der Waals surface area contributed by atoms with Gasteiger partial charge in [0.1, 0.15) is 5.75 Å². The molecule has 0 aliphatic heterocycles. The minimum Gasteiger partial charge on any atom is -0.452 e. The summed E-state index contributed by atoms with van der Waals surface area (Å²) in [6.45, 7) is 1.87. The lowest BCUT2D eigenvalue weighted by molar-refractivity contribution is 0.167. The van der Waals surface area contributed by atoms with E-state index in [1.165, 1.54) is 0 Å². The number of hydrazine groups is 2. The van der Waals surface area contributed by atoms with E-state index in [1.807, 2.05) is 17.8 Å². The van der Waals surface area contributed by atoms with Gasteiger partial charge in [-0.2, -0.15) is 0 Å². The molecule has 2 amide bonds. The number of hydrogen-bond donors (Lipinski definition) is 4. The Balaban J connectivity index is 2.79. The molecule has 0 saturated heterocycles. The number of hydrogen-bond acceptors (Lipinski definition) is 6. The zero-order valence-corrected chi connectivity index (χ0v) is 13.1. The van der Waals surface area contributed by atoms with Crippen LogP contribution in [0.2, 0.25) is 0 Å². The highest BCUT2D eigenvalue weighted by molar-refractivity contribution is 7.55. The maximum absolute atomic E-state index is 12.5. The van der Waals surface area contributed by atoms with E-state index < -0.39 is 19.9 Å². The Hall–Kier alpha value is -2.29. The van der Waals surface area contributed by atoms with Crippen molar-refractivity contribution in [2.24, 2.45) is 0 Å². The van der Waals surface area contributed by atoms with E-state index in [0.717, 1.165) is 19.8 Å². The van der Waals surface area contributed by atoms with Gasteiger partial charge in [-0.3, -0.25) is 0 Å². The molecule has 11 heteroatoms. The highest BCUT2D eigenvalue weighted by atomic mass is 31.2. The maximum atomic E-state index is 12.5. The largest absolute Gasteiger partial charge is 0.452 e. The quantitative estimate of drug-likeness (QED) is 0.452. The van der Waals surface area contributed by atoms with Crippen LogP contribution in [0, 0.1) is 6.92 Å². The van der Waals surface area contributed by atoms with Crippen molar-refractivity contribution in [2.75, 3.05) is 14.2 Å². The summed E-state index contributed by atoms with van der Waals surface area (Å²) in [5.74, 6) is 0.243. The molecule has 1 aromatic rings. The Bertz CT molecular complexity index is 540. The second-order valence-corrected chi connectivity index (χ2v) is 5.65. The third-order valence-corrected chi connectivity index (χ3v) is 3.52. The molecule has 1 rings (SSSR count). The second kappa shape index (κ2) is 8.23. The van der Waals surface area contributed by atoms with Gasteiger partial charge in [-0.1, -0.05) is 17.7 Å². The van der Waals surface area contributed by atoms with Gasteiger partial charge >= 0.3 is 19.9 Å². The van der Waals surface area contributed by atoms with Crippen LogP contribution >= 0.6 is 7.67 Å². The Kier molecular flexibility index (Phi) is 6.64. The fraction of sp³-hybridized carbons (Fsp3) is 0.273. The lowest BCUT2D eigenvalue weighted by Crippen LogP contribution is -2.45. The predicted octanol–water partition coefficient (Wildman–Crippen LogP) is 1.20. The molecule has 0 spiro atoms. The van der Waals surface area contributed by atoms with Gasteiger partial charge in [0, 0.05) is 0 Å². The lowest BCUT2D eigenvalue weighted by atomic mass is 10.2. The molecule has 22 heavy (non-hydrogen) atoms. The standard InChI is InChI=1S/C11H17N4O6P/c1-8-4-6-9(7-5-8)21-22(18,14-12-10(16)19-2)15-13-11(17)20-3/h4-7H,1-3H3,(H,12,16)(H,13,17)(H2,14,15,18). The van der Waals surface area contributed by atoms with Crippen molar-refractivity contribution in [3.05, 3.63) is 29.8 Å². The molecule has 0 atom stereocenters. The van der Waals surface area contributed by atoms with Crippen molar-refractivity contribution < 1.29 is 28.2 Å². The number of methoxy groups -OCH3 is 2. The molecule has 10 nitrogen and oxygen atoms in total. The van der Waals surface area contributed by atoms with Gasteiger partial charge in [0.25, 0.3) is 0 Å². The van der Waals surface area contributed by atoms with Crippen LogP contribution in [-0.4, -0.2) is 26.4 Å². The van der Waals surface area contributed by atoms with Crippen LogP contribution in [-0.2, 0) is 14.0 Å². The Labute approximate surface area is 127 Å². The molecule has 0 unspecified atom stereocenters. The van der Waals surface area contributed by atoms with Crippen LogP contribution in [0.25, 0.3) is 0 Å². The number of amides is 2. The molecule has 0 saturated carbocycles. The van der Waals surface area contributed by atoms with Gasteiger partial charge in [-0.05, 0) is 19.1 Å². The van der Waals surface area contributed by atoms with Crippen LogP contribution < -0.4 is 25.8 Å². The summed E-state index contributed by atoms with van der Waals surface area (Å²) in [5, 5.41) is 4.23. The van der Waals surface area contributed by atoms with Crippen molar-refractivity contribution in [3.8, 4) is 5.75 Å². The molecule has 0 heterocycles. The summed E-state index contributed by atoms with van der Waals surface area (Å²) in [7, 11) is -1.66. The van der Waals surface area contributed by atoms with Gasteiger partial charge in [-0.25, -0.2) is 25.0 Å². The van der Waals surface area contributed by atoms with E-state index in [1.54, 1.807) is 24.3 Å². The summed E-state index contributed by atoms with van der Waals surface area (Å²) in [6.07, 6.45) is -1.79. The first-order valence-corrected chi connectivity index (χ1v) is 7.60. The minimum atomic E-state index is -3.91. The smallest absolute Gasteiger partial charge is 0.425 e. The van der Waals surface area contributed by atoms with E-state index in [0.29, 0.717) is 0 Å². The Morgan fingerprint density at radius 3 is 1.82 bits per heavy atom. The van der Waals surface area contributed by atoms with E-state index in [4.69, 9.17) is 4.52 Å². The van der Waals surface area contributed by atoms with Crippen molar-refractivity contribution >= 4 is 19.9 Å². The highest BCUT2D eigenvalue weighted by Crippen LogP contribution is 2.37. The second-order valence-electron chi connectivity index (χ2n) is 3.91. The molecular formula is C11H17N4O6P. The zero-order valence-electron chi connectivity index (χ0n) is 12.2. The summed E-state index contributed by atoms with van der Waals surface area (Å²) >= 11 is 0. The SMILES string of the molecule is COC(=O)NNP(=O)(NNC(=O)OC)Oc1ccc(C)cc1. The van der Waals surface area contributed by atoms with Crippen LogP contribution in [0.3, 0.4) is 0 Å². The number of carbonyl (C=O) groups excluding carboxylic acids is 2. The molecule has 0 aromatic heterocycles. The van der Waals surface area contributed by atoms with Gasteiger partial charge in [0.05, 0.1) is 14.2 Å². The first kappa shape index (κ1) is 17.8. The van der Waals surface area contributed by atoms with Gasteiger partial charge < -0.3 is 14.0 Å². The third-order valence-electron chi connectivity index (χ3n) is 2.24. The van der Waals surface area contributed by atoms with E-state index in [2.05, 4.69) is 19.9 Å². The molecule has 1 aromatic carbocycles. The normalized spacial score (nSPS) is 10.5. The molecule has 4 N–H and O–H groups in total. The summed E-state index contributed by atoms with van der Waals surface area (Å²) < 4.78 is 26.4. The monoisotopic (exact) mass is 332 g/mol. The number of benzene rings is 1. The molecule has 0 radical (unpaired) electrons. The zero-order chi connectivity index (χ0) is 16.6. The summed E-state index contributed by atoms with van der Waals surface area (Å²) in [6, 6.07) is 6.62. The van der Waals surface area contributed by atoms with Crippen LogP contribution in [0.15, 0.2) is 24.3 Å². The van der Waals surface area contributed by atoms with Crippen LogP contribution in [0.1, 0.15) is 5.56 Å². The van der Waals surface area contributed by atoms with Crippen molar-refractivity contribution in [3.63, 3.8) is 0 Å². The molecule has 0 aliphatic rings. The van der Waals surface area contributed by atoms with Crippen LogP contribution in [0.5, 0.6) is 5.75 Å². The average molecular weight is 332 g/mol. The van der Waals surface area contributed by atoms with E-state index >= 15 is 0 Å². The van der Waals surface area contributed by atoms with Gasteiger partial charge in [0.2, 0.25) is 0 Å². The number of ether oxygens (including phenoxy) is 2. The molecule has 0 bridgehead atoms. The summed E-state index contributed by atoms with van der Waals surface area (Å²) in [5.41, 5.74) is 4.96.